The molecule has 4 heterocycles. The summed E-state index contributed by atoms with van der Waals surface area (Å²) < 4.78 is 39.8. The summed E-state index contributed by atoms with van der Waals surface area (Å²) in [6.45, 7) is 2.99. The Morgan fingerprint density at radius 3 is 2.64 bits per heavy atom. The number of carbonyl (C=O) groups is 1. The molecule has 2 aliphatic heterocycles. The fraction of sp³-hybridized carbons (Fsp3) is 0.312. The van der Waals surface area contributed by atoms with Crippen molar-refractivity contribution < 1.29 is 18.0 Å². The number of benzene rings is 2. The number of pyridine rings is 1. The Labute approximate surface area is 253 Å². The first kappa shape index (κ1) is 29.2. The van der Waals surface area contributed by atoms with Gasteiger partial charge in [0.05, 0.1) is 28.8 Å². The Morgan fingerprint density at radius 2 is 1.84 bits per heavy atom. The van der Waals surface area contributed by atoms with Crippen LogP contribution in [0.2, 0.25) is 0 Å². The molecule has 12 heteroatoms. The van der Waals surface area contributed by atoms with Crippen LogP contribution >= 0.6 is 0 Å². The lowest BCUT2D eigenvalue weighted by atomic mass is 9.92. The van der Waals surface area contributed by atoms with Gasteiger partial charge in [0, 0.05) is 48.8 Å². The second-order valence-electron chi connectivity index (χ2n) is 11.4. The average Bonchev–Trinajstić information content (AvgIpc) is 2.99. The standard InChI is InChI=1S/C32H33F3N8O/c1-19-16-38-31-40-25-12-21(17-37-18-25)2-3-22-14-24(39-30(19)42-31)5-7-27(22)41-29(44)13-20-8-10-43(11-9-20)28-15-23(32(33,34)35)4-6-26(28)36/h4-7,12,14-18,20H,2-3,8-11,13,36H2,1H3,(H,41,44)(H2,38,39,40,42). The summed E-state index contributed by atoms with van der Waals surface area (Å²) >= 11 is 0. The molecule has 0 radical (unpaired) electrons. The van der Waals surface area contributed by atoms with E-state index in [-0.39, 0.29) is 11.8 Å². The summed E-state index contributed by atoms with van der Waals surface area (Å²) in [6, 6.07) is 11.3. The number of nitrogens with two attached hydrogens (primary N) is 1. The Morgan fingerprint density at radius 1 is 1.02 bits per heavy atom. The van der Waals surface area contributed by atoms with Crippen LogP contribution in [0.5, 0.6) is 0 Å². The van der Waals surface area contributed by atoms with Crippen molar-refractivity contribution in [3.63, 3.8) is 0 Å². The molecule has 0 saturated carbocycles. The molecule has 2 aromatic heterocycles. The molecule has 0 atom stereocenters. The van der Waals surface area contributed by atoms with E-state index in [0.29, 0.717) is 68.3 Å². The zero-order valence-corrected chi connectivity index (χ0v) is 24.2. The van der Waals surface area contributed by atoms with Gasteiger partial charge in [-0.3, -0.25) is 9.78 Å². The van der Waals surface area contributed by atoms with Gasteiger partial charge in [-0.05, 0) is 92.1 Å². The molecule has 0 aliphatic carbocycles. The number of fused-ring (bicyclic) bond motifs is 6. The summed E-state index contributed by atoms with van der Waals surface area (Å²) in [5.41, 5.74) is 11.3. The summed E-state index contributed by atoms with van der Waals surface area (Å²) in [4.78, 5) is 28.5. The minimum atomic E-state index is -4.43. The highest BCUT2D eigenvalue weighted by molar-refractivity contribution is 5.92. The van der Waals surface area contributed by atoms with Gasteiger partial charge in [0.2, 0.25) is 11.9 Å². The number of halogens is 3. The second kappa shape index (κ2) is 12.0. The molecule has 6 rings (SSSR count). The van der Waals surface area contributed by atoms with Gasteiger partial charge in [-0.2, -0.15) is 18.2 Å². The number of hydrogen-bond acceptors (Lipinski definition) is 8. The van der Waals surface area contributed by atoms with E-state index in [1.165, 1.54) is 6.07 Å². The van der Waals surface area contributed by atoms with E-state index in [0.717, 1.165) is 45.9 Å². The van der Waals surface area contributed by atoms with Crippen LogP contribution in [0, 0.1) is 12.8 Å². The molecule has 0 unspecified atom stereocenters. The number of amides is 1. The molecule has 0 spiro atoms. The third kappa shape index (κ3) is 6.69. The SMILES string of the molecule is Cc1cnc2nc1Nc1ccc(NC(=O)CC3CCN(c4cc(C(F)(F)F)ccc4N)CC3)c(c1)CCc1cncc(c1)N2. The maximum atomic E-state index is 13.3. The van der Waals surface area contributed by atoms with Gasteiger partial charge in [-0.25, -0.2) is 4.98 Å². The van der Waals surface area contributed by atoms with Crippen LogP contribution in [0.3, 0.4) is 0 Å². The highest BCUT2D eigenvalue weighted by atomic mass is 19.4. The molecular weight excluding hydrogens is 569 g/mol. The molecule has 2 aromatic carbocycles. The second-order valence-corrected chi connectivity index (χ2v) is 11.4. The maximum absolute atomic E-state index is 13.3. The predicted molar refractivity (Wildman–Crippen MR) is 165 cm³/mol. The van der Waals surface area contributed by atoms with Crippen molar-refractivity contribution in [2.45, 2.75) is 45.2 Å². The first-order chi connectivity index (χ1) is 21.1. The number of carbonyl (C=O) groups excluding carboxylic acids is 1. The number of nitrogens with zero attached hydrogens (tertiary/aromatic N) is 4. The quantitative estimate of drug-likeness (QED) is 0.193. The van der Waals surface area contributed by atoms with Crippen molar-refractivity contribution in [2.24, 2.45) is 5.92 Å². The molecule has 1 amide bonds. The Kier molecular flexibility index (Phi) is 7.98. The zero-order chi connectivity index (χ0) is 30.8. The molecule has 4 aromatic rings. The van der Waals surface area contributed by atoms with Crippen molar-refractivity contribution in [3.8, 4) is 0 Å². The minimum absolute atomic E-state index is 0.0916. The first-order valence-electron chi connectivity index (χ1n) is 14.6. The topological polar surface area (TPSA) is 121 Å². The predicted octanol–water partition coefficient (Wildman–Crippen LogP) is 6.61. The van der Waals surface area contributed by atoms with Gasteiger partial charge in [0.1, 0.15) is 5.82 Å². The smallest absolute Gasteiger partial charge is 0.397 e. The number of aromatic nitrogens is 3. The maximum Gasteiger partial charge on any atom is 0.416 e. The van der Waals surface area contributed by atoms with Gasteiger partial charge in [0.15, 0.2) is 0 Å². The van der Waals surface area contributed by atoms with E-state index < -0.39 is 11.7 Å². The van der Waals surface area contributed by atoms with Crippen LogP contribution in [0.4, 0.5) is 53.4 Å². The molecule has 2 aliphatic rings. The van der Waals surface area contributed by atoms with Crippen LogP contribution in [0.15, 0.2) is 61.1 Å². The molecular formula is C32H33F3N8O. The van der Waals surface area contributed by atoms with Crippen molar-refractivity contribution in [1.82, 2.24) is 15.0 Å². The van der Waals surface area contributed by atoms with Crippen molar-refractivity contribution in [3.05, 3.63) is 83.3 Å². The van der Waals surface area contributed by atoms with Gasteiger partial charge in [-0.1, -0.05) is 0 Å². The highest BCUT2D eigenvalue weighted by Crippen LogP contribution is 2.36. The zero-order valence-electron chi connectivity index (χ0n) is 24.2. The van der Waals surface area contributed by atoms with Gasteiger partial charge in [-0.15, -0.1) is 0 Å². The van der Waals surface area contributed by atoms with Crippen molar-refractivity contribution in [1.29, 1.82) is 0 Å². The Balaban J connectivity index is 1.14. The lowest BCUT2D eigenvalue weighted by Gasteiger charge is -2.34. The van der Waals surface area contributed by atoms with Crippen molar-refractivity contribution in [2.75, 3.05) is 39.7 Å². The summed E-state index contributed by atoms with van der Waals surface area (Å²) in [6.07, 6.45) is 3.94. The summed E-state index contributed by atoms with van der Waals surface area (Å²) in [5.74, 6) is 1.16. The van der Waals surface area contributed by atoms with Gasteiger partial charge < -0.3 is 26.6 Å². The molecule has 44 heavy (non-hydrogen) atoms. The molecule has 1 saturated heterocycles. The fourth-order valence-corrected chi connectivity index (χ4v) is 5.70. The molecule has 6 bridgehead atoms. The molecule has 228 valence electrons. The number of alkyl halides is 3. The monoisotopic (exact) mass is 602 g/mol. The number of rotatable bonds is 4. The van der Waals surface area contributed by atoms with E-state index in [9.17, 15) is 18.0 Å². The van der Waals surface area contributed by atoms with Crippen LogP contribution in [0.1, 0.15) is 41.5 Å². The highest BCUT2D eigenvalue weighted by Gasteiger charge is 2.32. The largest absolute Gasteiger partial charge is 0.416 e. The van der Waals surface area contributed by atoms with Crippen LogP contribution in [-0.4, -0.2) is 33.9 Å². The van der Waals surface area contributed by atoms with Crippen molar-refractivity contribution >= 4 is 46.1 Å². The Bertz CT molecular complexity index is 1680. The van der Waals surface area contributed by atoms with Crippen LogP contribution < -0.4 is 26.6 Å². The third-order valence-corrected chi connectivity index (χ3v) is 8.13. The van der Waals surface area contributed by atoms with E-state index in [1.807, 2.05) is 42.3 Å². The van der Waals surface area contributed by atoms with E-state index >= 15 is 0 Å². The van der Waals surface area contributed by atoms with Gasteiger partial charge in [0.25, 0.3) is 0 Å². The number of aryl methyl sites for hydroxylation is 3. The Hall–Kier alpha value is -4.87. The van der Waals surface area contributed by atoms with E-state index in [4.69, 9.17) is 5.73 Å². The fourth-order valence-electron chi connectivity index (χ4n) is 5.70. The number of hydrogen-bond donors (Lipinski definition) is 4. The lowest BCUT2D eigenvalue weighted by Crippen LogP contribution is -2.35. The average molecular weight is 603 g/mol. The number of anilines is 7. The van der Waals surface area contributed by atoms with Gasteiger partial charge >= 0.3 is 6.18 Å². The first-order valence-corrected chi connectivity index (χ1v) is 14.6. The summed E-state index contributed by atoms with van der Waals surface area (Å²) in [7, 11) is 0. The number of nitrogen functional groups attached to an aromatic ring is 1. The van der Waals surface area contributed by atoms with Crippen LogP contribution in [0.25, 0.3) is 0 Å². The van der Waals surface area contributed by atoms with E-state index in [2.05, 4.69) is 30.9 Å². The van der Waals surface area contributed by atoms with E-state index in [1.54, 1.807) is 12.4 Å². The van der Waals surface area contributed by atoms with Crippen LogP contribution in [-0.2, 0) is 23.8 Å². The normalized spacial score (nSPS) is 15.2. The molecule has 1 fully saturated rings. The number of piperidine rings is 1. The minimum Gasteiger partial charge on any atom is -0.397 e. The lowest BCUT2D eigenvalue weighted by molar-refractivity contribution is -0.137. The molecule has 5 N–H and O–H groups in total. The molecule has 9 nitrogen and oxygen atoms in total. The third-order valence-electron chi connectivity index (χ3n) is 8.13. The number of nitrogens with one attached hydrogen (secondary N) is 3. The summed E-state index contributed by atoms with van der Waals surface area (Å²) in [5, 5.41) is 9.72.